The average molecular weight is 269 g/mol. The highest BCUT2D eigenvalue weighted by Crippen LogP contribution is 2.27. The molecule has 0 atom stereocenters. The van der Waals surface area contributed by atoms with E-state index in [1.807, 2.05) is 11.8 Å². The lowest BCUT2D eigenvalue weighted by molar-refractivity contribution is 0.390. The van der Waals surface area contributed by atoms with Crippen molar-refractivity contribution < 1.29 is 8.78 Å². The molecular weight excluding hydrogens is 248 g/mol. The summed E-state index contributed by atoms with van der Waals surface area (Å²) in [4.78, 5) is 6.02. The van der Waals surface area contributed by atoms with Crippen LogP contribution in [-0.2, 0) is 0 Å². The third kappa shape index (κ3) is 3.14. The van der Waals surface area contributed by atoms with E-state index in [0.717, 1.165) is 38.4 Å². The molecule has 0 radical (unpaired) electrons. The minimum Gasteiger partial charge on any atom is -0.368 e. The molecule has 1 fully saturated rings. The van der Waals surface area contributed by atoms with Gasteiger partial charge in [0.1, 0.15) is 0 Å². The first-order valence-corrected chi connectivity index (χ1v) is 7.00. The molecule has 1 aromatic heterocycles. The van der Waals surface area contributed by atoms with Crippen molar-refractivity contribution in [2.45, 2.75) is 33.1 Å². The first kappa shape index (κ1) is 14.0. The molecule has 0 aromatic carbocycles. The third-order valence-corrected chi connectivity index (χ3v) is 3.75. The second-order valence-corrected chi connectivity index (χ2v) is 4.99. The molecule has 5 heteroatoms. The lowest BCUT2D eigenvalue weighted by Crippen LogP contribution is -2.34. The van der Waals surface area contributed by atoms with Gasteiger partial charge in [0.05, 0.1) is 0 Å². The van der Waals surface area contributed by atoms with Crippen molar-refractivity contribution in [3.63, 3.8) is 0 Å². The summed E-state index contributed by atoms with van der Waals surface area (Å²) in [6.45, 7) is 6.18. The maximum absolute atomic E-state index is 13.9. The summed E-state index contributed by atoms with van der Waals surface area (Å²) in [6, 6.07) is 0.923. The fourth-order valence-corrected chi connectivity index (χ4v) is 2.52. The van der Waals surface area contributed by atoms with Crippen LogP contribution < -0.4 is 10.2 Å². The monoisotopic (exact) mass is 269 g/mol. The van der Waals surface area contributed by atoms with Crippen LogP contribution in [0.3, 0.4) is 0 Å². The van der Waals surface area contributed by atoms with Crippen LogP contribution in [0.4, 0.5) is 20.4 Å². The lowest BCUT2D eigenvalue weighted by atomic mass is 9.94. The molecular formula is C14H21F2N3. The number of hydrogen-bond donors (Lipinski definition) is 1. The van der Waals surface area contributed by atoms with Crippen LogP contribution >= 0.6 is 0 Å². The fourth-order valence-electron chi connectivity index (χ4n) is 2.52. The molecule has 0 saturated carbocycles. The van der Waals surface area contributed by atoms with Gasteiger partial charge in [-0.05, 0) is 25.7 Å². The number of rotatable bonds is 4. The SMILES string of the molecule is CCNc1nc(N2CCC(CC)CC2)c(F)cc1F. The molecule has 0 aliphatic carbocycles. The minimum absolute atomic E-state index is 0.136. The van der Waals surface area contributed by atoms with Gasteiger partial charge in [-0.2, -0.15) is 0 Å². The Morgan fingerprint density at radius 1 is 1.26 bits per heavy atom. The van der Waals surface area contributed by atoms with Gasteiger partial charge in [0.2, 0.25) is 0 Å². The predicted octanol–water partition coefficient (Wildman–Crippen LogP) is 3.42. The number of piperidine rings is 1. The number of anilines is 2. The molecule has 0 spiro atoms. The van der Waals surface area contributed by atoms with Crippen molar-refractivity contribution in [1.82, 2.24) is 4.98 Å². The molecule has 2 heterocycles. The quantitative estimate of drug-likeness (QED) is 0.907. The Morgan fingerprint density at radius 2 is 1.95 bits per heavy atom. The second kappa shape index (κ2) is 6.17. The summed E-state index contributed by atoms with van der Waals surface area (Å²) in [6.07, 6.45) is 3.26. The molecule has 0 amide bonds. The Labute approximate surface area is 113 Å². The Balaban J connectivity index is 2.17. The number of nitrogens with one attached hydrogen (secondary N) is 1. The zero-order chi connectivity index (χ0) is 13.8. The topological polar surface area (TPSA) is 28.2 Å². The summed E-state index contributed by atoms with van der Waals surface area (Å²) in [7, 11) is 0. The van der Waals surface area contributed by atoms with Crippen LogP contribution in [0.1, 0.15) is 33.1 Å². The first-order chi connectivity index (χ1) is 9.15. The summed E-state index contributed by atoms with van der Waals surface area (Å²) in [5.74, 6) is -0.0861. The van der Waals surface area contributed by atoms with Gasteiger partial charge in [0.15, 0.2) is 23.3 Å². The van der Waals surface area contributed by atoms with E-state index in [2.05, 4.69) is 17.2 Å². The normalized spacial score (nSPS) is 16.7. The van der Waals surface area contributed by atoms with Crippen LogP contribution in [0.5, 0.6) is 0 Å². The maximum atomic E-state index is 13.9. The Kier molecular flexibility index (Phi) is 4.56. The molecule has 0 unspecified atom stereocenters. The van der Waals surface area contributed by atoms with Crippen molar-refractivity contribution in [2.75, 3.05) is 29.9 Å². The summed E-state index contributed by atoms with van der Waals surface area (Å²) in [5, 5.41) is 2.82. The van der Waals surface area contributed by atoms with Crippen molar-refractivity contribution in [2.24, 2.45) is 5.92 Å². The largest absolute Gasteiger partial charge is 0.368 e. The van der Waals surface area contributed by atoms with E-state index in [1.54, 1.807) is 0 Å². The number of hydrogen-bond acceptors (Lipinski definition) is 3. The number of pyridine rings is 1. The molecule has 1 aliphatic heterocycles. The van der Waals surface area contributed by atoms with Gasteiger partial charge in [-0.3, -0.25) is 0 Å². The van der Waals surface area contributed by atoms with E-state index in [9.17, 15) is 8.78 Å². The van der Waals surface area contributed by atoms with Crippen LogP contribution in [0.15, 0.2) is 6.07 Å². The number of aromatic nitrogens is 1. The Hall–Kier alpha value is -1.39. The molecule has 3 nitrogen and oxygen atoms in total. The molecule has 0 bridgehead atoms. The first-order valence-electron chi connectivity index (χ1n) is 7.00. The van der Waals surface area contributed by atoms with E-state index in [4.69, 9.17) is 0 Å². The molecule has 19 heavy (non-hydrogen) atoms. The van der Waals surface area contributed by atoms with E-state index in [1.165, 1.54) is 0 Å². The van der Waals surface area contributed by atoms with Gasteiger partial charge in [0.25, 0.3) is 0 Å². The average Bonchev–Trinajstić information content (AvgIpc) is 2.42. The molecule has 1 saturated heterocycles. The van der Waals surface area contributed by atoms with Gasteiger partial charge in [-0.15, -0.1) is 0 Å². The van der Waals surface area contributed by atoms with Crippen LogP contribution in [0, 0.1) is 17.6 Å². The Bertz CT molecular complexity index is 429. The molecule has 1 aromatic rings. The second-order valence-electron chi connectivity index (χ2n) is 4.99. The third-order valence-electron chi connectivity index (χ3n) is 3.75. The maximum Gasteiger partial charge on any atom is 0.168 e. The van der Waals surface area contributed by atoms with Gasteiger partial charge in [-0.25, -0.2) is 13.8 Å². The minimum atomic E-state index is -0.633. The van der Waals surface area contributed by atoms with Gasteiger partial charge in [-0.1, -0.05) is 13.3 Å². The predicted molar refractivity (Wildman–Crippen MR) is 73.5 cm³/mol. The molecule has 2 rings (SSSR count). The van der Waals surface area contributed by atoms with Gasteiger partial charge < -0.3 is 10.2 Å². The van der Waals surface area contributed by atoms with Crippen molar-refractivity contribution in [3.05, 3.63) is 17.7 Å². The Morgan fingerprint density at radius 3 is 2.53 bits per heavy atom. The van der Waals surface area contributed by atoms with E-state index in [-0.39, 0.29) is 11.6 Å². The zero-order valence-electron chi connectivity index (χ0n) is 11.5. The zero-order valence-corrected chi connectivity index (χ0v) is 11.5. The molecule has 1 N–H and O–H groups in total. The smallest absolute Gasteiger partial charge is 0.168 e. The standard InChI is InChI=1S/C14H21F2N3/c1-3-10-5-7-19(8-6-10)14-12(16)9-11(15)13(18-14)17-4-2/h9-10H,3-8H2,1-2H3,(H,17,18). The van der Waals surface area contributed by atoms with Gasteiger partial charge >= 0.3 is 0 Å². The van der Waals surface area contributed by atoms with E-state index >= 15 is 0 Å². The molecule has 1 aliphatic rings. The van der Waals surface area contributed by atoms with Crippen molar-refractivity contribution >= 4 is 11.6 Å². The van der Waals surface area contributed by atoms with E-state index in [0.29, 0.717) is 12.5 Å². The molecule has 106 valence electrons. The number of nitrogens with zero attached hydrogens (tertiary/aromatic N) is 2. The fraction of sp³-hybridized carbons (Fsp3) is 0.643. The van der Waals surface area contributed by atoms with Crippen LogP contribution in [0.2, 0.25) is 0 Å². The van der Waals surface area contributed by atoms with E-state index < -0.39 is 11.6 Å². The highest BCUT2D eigenvalue weighted by Gasteiger charge is 2.22. The highest BCUT2D eigenvalue weighted by molar-refractivity contribution is 5.49. The number of halogens is 2. The lowest BCUT2D eigenvalue weighted by Gasteiger charge is -2.32. The van der Waals surface area contributed by atoms with Gasteiger partial charge in [0, 0.05) is 25.7 Å². The van der Waals surface area contributed by atoms with Crippen LogP contribution in [-0.4, -0.2) is 24.6 Å². The highest BCUT2D eigenvalue weighted by atomic mass is 19.1. The summed E-state index contributed by atoms with van der Waals surface area (Å²) in [5.41, 5.74) is 0. The van der Waals surface area contributed by atoms with Crippen LogP contribution in [0.25, 0.3) is 0 Å². The van der Waals surface area contributed by atoms with Crippen molar-refractivity contribution in [1.29, 1.82) is 0 Å². The summed E-state index contributed by atoms with van der Waals surface area (Å²) >= 11 is 0. The summed E-state index contributed by atoms with van der Waals surface area (Å²) < 4.78 is 27.4. The van der Waals surface area contributed by atoms with Crippen molar-refractivity contribution in [3.8, 4) is 0 Å².